The van der Waals surface area contributed by atoms with E-state index < -0.39 is 24.5 Å². The number of carbonyl (C=O) groups is 1. The van der Waals surface area contributed by atoms with E-state index in [1.807, 2.05) is 0 Å². The van der Waals surface area contributed by atoms with Gasteiger partial charge in [0.1, 0.15) is 6.10 Å². The Morgan fingerprint density at radius 2 is 1.83 bits per heavy atom. The van der Waals surface area contributed by atoms with Gasteiger partial charge in [-0.1, -0.05) is 44.5 Å². The zero-order chi connectivity index (χ0) is 17.8. The predicted octanol–water partition coefficient (Wildman–Crippen LogP) is 3.03. The first-order valence-corrected chi connectivity index (χ1v) is 8.02. The number of hydrogen-bond donors (Lipinski definition) is 2. The number of ether oxygens (including phenoxy) is 2. The third-order valence-corrected chi connectivity index (χ3v) is 3.25. The molecule has 2 N–H and O–H groups in total. The highest BCUT2D eigenvalue weighted by Crippen LogP contribution is 2.07. The van der Waals surface area contributed by atoms with Gasteiger partial charge in [0.05, 0.1) is 0 Å². The second-order valence-electron chi connectivity index (χ2n) is 5.38. The lowest BCUT2D eigenvalue weighted by molar-refractivity contribution is -0.205. The number of carboxylic acids is 1. The largest absolute Gasteiger partial charge is 0.479 e. The van der Waals surface area contributed by atoms with Gasteiger partial charge in [-0.15, -0.1) is 0 Å². The monoisotopic (exact) mass is 326 g/mol. The molecule has 0 radical (unpaired) electrons. The standard InChI is InChI=1S/C11H16.C7H14O5/c1-3-6-11-8-5-7-10(4-2)9-11;1-4(8)7(11-3)12-5(2)6(9)10/h5,7-9H,3-4,6H2,1-2H3;4-5,7-8H,1-3H3,(H,9,10). The second kappa shape index (κ2) is 12.0. The summed E-state index contributed by atoms with van der Waals surface area (Å²) in [6, 6.07) is 8.87. The molecule has 1 rings (SSSR count). The van der Waals surface area contributed by atoms with E-state index in [2.05, 4.69) is 38.1 Å². The highest BCUT2D eigenvalue weighted by atomic mass is 16.7. The third kappa shape index (κ3) is 9.33. The normalized spacial score (nSPS) is 14.3. The molecule has 3 unspecified atom stereocenters. The van der Waals surface area contributed by atoms with E-state index in [9.17, 15) is 4.79 Å². The molecule has 0 aliphatic rings. The van der Waals surface area contributed by atoms with Crippen LogP contribution in [-0.4, -0.2) is 41.8 Å². The molecule has 0 saturated carbocycles. The van der Waals surface area contributed by atoms with Gasteiger partial charge in [-0.05, 0) is 37.8 Å². The zero-order valence-corrected chi connectivity index (χ0v) is 14.8. The Morgan fingerprint density at radius 1 is 1.22 bits per heavy atom. The number of aliphatic hydroxyl groups is 1. The van der Waals surface area contributed by atoms with Crippen molar-refractivity contribution in [3.8, 4) is 0 Å². The van der Waals surface area contributed by atoms with Crippen molar-refractivity contribution in [2.75, 3.05) is 7.11 Å². The summed E-state index contributed by atoms with van der Waals surface area (Å²) in [7, 11) is 1.34. The highest BCUT2D eigenvalue weighted by molar-refractivity contribution is 5.71. The van der Waals surface area contributed by atoms with Crippen LogP contribution in [0.3, 0.4) is 0 Å². The van der Waals surface area contributed by atoms with E-state index in [4.69, 9.17) is 19.7 Å². The number of benzene rings is 1. The van der Waals surface area contributed by atoms with Gasteiger partial charge < -0.3 is 19.7 Å². The smallest absolute Gasteiger partial charge is 0.332 e. The summed E-state index contributed by atoms with van der Waals surface area (Å²) >= 11 is 0. The molecule has 0 aliphatic carbocycles. The van der Waals surface area contributed by atoms with Gasteiger partial charge >= 0.3 is 5.97 Å². The number of aliphatic carboxylic acids is 1. The molecule has 0 fully saturated rings. The Labute approximate surface area is 139 Å². The lowest BCUT2D eigenvalue weighted by atomic mass is 10.1. The average Bonchev–Trinajstić information content (AvgIpc) is 2.53. The van der Waals surface area contributed by atoms with Crippen molar-refractivity contribution in [2.24, 2.45) is 0 Å². The van der Waals surface area contributed by atoms with Gasteiger partial charge in [-0.25, -0.2) is 4.79 Å². The van der Waals surface area contributed by atoms with Crippen LogP contribution in [0, 0.1) is 0 Å². The van der Waals surface area contributed by atoms with Crippen LogP contribution in [0.25, 0.3) is 0 Å². The molecule has 3 atom stereocenters. The first-order chi connectivity index (χ1) is 10.8. The summed E-state index contributed by atoms with van der Waals surface area (Å²) in [6.45, 7) is 7.25. The van der Waals surface area contributed by atoms with E-state index in [1.165, 1.54) is 44.9 Å². The van der Waals surface area contributed by atoms with Crippen LogP contribution in [0.1, 0.15) is 45.2 Å². The van der Waals surface area contributed by atoms with Gasteiger partial charge in [0.2, 0.25) is 0 Å². The topological polar surface area (TPSA) is 76.0 Å². The molecule has 0 saturated heterocycles. The van der Waals surface area contributed by atoms with E-state index in [0.717, 1.165) is 6.42 Å². The molecule has 0 aliphatic heterocycles. The predicted molar refractivity (Wildman–Crippen MR) is 90.5 cm³/mol. The lowest BCUT2D eigenvalue weighted by Gasteiger charge is -2.20. The van der Waals surface area contributed by atoms with Crippen molar-refractivity contribution in [3.63, 3.8) is 0 Å². The first kappa shape index (κ1) is 21.6. The summed E-state index contributed by atoms with van der Waals surface area (Å²) in [5.41, 5.74) is 2.93. The van der Waals surface area contributed by atoms with Crippen LogP contribution in [-0.2, 0) is 27.1 Å². The van der Waals surface area contributed by atoms with Crippen molar-refractivity contribution >= 4 is 5.97 Å². The lowest BCUT2D eigenvalue weighted by Crippen LogP contribution is -2.34. The number of aliphatic hydroxyl groups excluding tert-OH is 1. The minimum Gasteiger partial charge on any atom is -0.479 e. The molecule has 0 bridgehead atoms. The van der Waals surface area contributed by atoms with E-state index in [1.54, 1.807) is 0 Å². The molecular formula is C18H30O5. The summed E-state index contributed by atoms with van der Waals surface area (Å²) in [4.78, 5) is 10.3. The van der Waals surface area contributed by atoms with Crippen LogP contribution in [0.5, 0.6) is 0 Å². The summed E-state index contributed by atoms with van der Waals surface area (Å²) in [5, 5.41) is 17.4. The summed E-state index contributed by atoms with van der Waals surface area (Å²) in [5.74, 6) is -1.09. The number of carboxylic acid groups (broad SMARTS) is 1. The zero-order valence-electron chi connectivity index (χ0n) is 14.8. The Morgan fingerprint density at radius 3 is 2.26 bits per heavy atom. The van der Waals surface area contributed by atoms with E-state index in [0.29, 0.717) is 0 Å². The molecule has 0 heterocycles. The molecule has 1 aromatic carbocycles. The van der Waals surface area contributed by atoms with Gasteiger partial charge in [0.25, 0.3) is 0 Å². The van der Waals surface area contributed by atoms with Gasteiger partial charge in [0, 0.05) is 7.11 Å². The van der Waals surface area contributed by atoms with Gasteiger partial charge in [-0.2, -0.15) is 0 Å². The minimum atomic E-state index is -1.09. The van der Waals surface area contributed by atoms with E-state index in [-0.39, 0.29) is 0 Å². The van der Waals surface area contributed by atoms with Crippen LogP contribution in [0.2, 0.25) is 0 Å². The van der Waals surface area contributed by atoms with Crippen molar-refractivity contribution in [1.29, 1.82) is 0 Å². The highest BCUT2D eigenvalue weighted by Gasteiger charge is 2.21. The number of methoxy groups -OCH3 is 1. The van der Waals surface area contributed by atoms with Gasteiger partial charge in [-0.3, -0.25) is 0 Å². The first-order valence-electron chi connectivity index (χ1n) is 8.02. The van der Waals surface area contributed by atoms with Crippen LogP contribution >= 0.6 is 0 Å². The van der Waals surface area contributed by atoms with Crippen LogP contribution in [0.4, 0.5) is 0 Å². The Bertz CT molecular complexity index is 445. The Balaban J connectivity index is 0.000000422. The Hall–Kier alpha value is -1.43. The van der Waals surface area contributed by atoms with E-state index >= 15 is 0 Å². The minimum absolute atomic E-state index is 0.850. The fourth-order valence-electron chi connectivity index (χ4n) is 1.92. The van der Waals surface area contributed by atoms with Crippen molar-refractivity contribution in [2.45, 2.75) is 65.5 Å². The van der Waals surface area contributed by atoms with Gasteiger partial charge in [0.15, 0.2) is 12.4 Å². The molecule has 0 aromatic heterocycles. The maximum absolute atomic E-state index is 10.3. The third-order valence-electron chi connectivity index (χ3n) is 3.25. The molecule has 1 aromatic rings. The number of hydrogen-bond acceptors (Lipinski definition) is 4. The van der Waals surface area contributed by atoms with Crippen LogP contribution in [0.15, 0.2) is 24.3 Å². The fourth-order valence-corrected chi connectivity index (χ4v) is 1.92. The molecule has 0 amide bonds. The SMILES string of the molecule is CCCc1cccc(CC)c1.COC(OC(C)C(=O)O)C(C)O. The second-order valence-corrected chi connectivity index (χ2v) is 5.38. The van der Waals surface area contributed by atoms with Crippen LogP contribution < -0.4 is 0 Å². The average molecular weight is 326 g/mol. The molecule has 23 heavy (non-hydrogen) atoms. The molecule has 5 nitrogen and oxygen atoms in total. The molecular weight excluding hydrogens is 296 g/mol. The van der Waals surface area contributed by atoms with Crippen molar-refractivity contribution in [1.82, 2.24) is 0 Å². The number of aryl methyl sites for hydroxylation is 2. The molecule has 132 valence electrons. The Kier molecular flexibility index (Phi) is 11.3. The number of rotatable bonds is 8. The quantitative estimate of drug-likeness (QED) is 0.718. The van der Waals surface area contributed by atoms with Crippen molar-refractivity contribution in [3.05, 3.63) is 35.4 Å². The fraction of sp³-hybridized carbons (Fsp3) is 0.611. The van der Waals surface area contributed by atoms with Crippen molar-refractivity contribution < 1.29 is 24.5 Å². The summed E-state index contributed by atoms with van der Waals surface area (Å²) < 4.78 is 9.55. The maximum Gasteiger partial charge on any atom is 0.332 e. The molecule has 0 spiro atoms. The summed E-state index contributed by atoms with van der Waals surface area (Å²) in [6.07, 6.45) is 0.885. The molecule has 5 heteroatoms. The maximum atomic E-state index is 10.3.